The van der Waals surface area contributed by atoms with Crippen molar-refractivity contribution in [2.75, 3.05) is 11.5 Å². The maximum atomic E-state index is 13.8. The Kier molecular flexibility index (Phi) is 9.02. The summed E-state index contributed by atoms with van der Waals surface area (Å²) in [7, 11) is 0. The minimum Gasteiger partial charge on any atom is -0.507 e. The van der Waals surface area contributed by atoms with Crippen molar-refractivity contribution in [3.05, 3.63) is 106 Å². The van der Waals surface area contributed by atoms with Gasteiger partial charge in [-0.1, -0.05) is 72.3 Å². The highest BCUT2D eigenvalue weighted by atomic mass is 35.5. The molecule has 0 bridgehead atoms. The van der Waals surface area contributed by atoms with Gasteiger partial charge in [-0.25, -0.2) is 4.39 Å². The maximum absolute atomic E-state index is 13.8. The molecule has 3 aromatic carbocycles. The fraction of sp³-hybridized carbons (Fsp3) is 0.200. The molecule has 4 aromatic rings. The van der Waals surface area contributed by atoms with Gasteiger partial charge in [0.25, 0.3) is 5.78 Å². The lowest BCUT2D eigenvalue weighted by molar-refractivity contribution is -0.132. The van der Waals surface area contributed by atoms with Crippen LogP contribution in [0.3, 0.4) is 0 Å². The van der Waals surface area contributed by atoms with E-state index in [4.69, 9.17) is 16.3 Å². The molecule has 41 heavy (non-hydrogen) atoms. The summed E-state index contributed by atoms with van der Waals surface area (Å²) in [6.07, 6.45) is 1.91. The summed E-state index contributed by atoms with van der Waals surface area (Å²) in [6.45, 7) is 2.64. The Balaban J connectivity index is 1.47. The van der Waals surface area contributed by atoms with Crippen LogP contribution < -0.4 is 9.64 Å². The predicted octanol–water partition coefficient (Wildman–Crippen LogP) is 7.43. The Morgan fingerprint density at radius 1 is 1.05 bits per heavy atom. The minimum absolute atomic E-state index is 0.119. The van der Waals surface area contributed by atoms with Gasteiger partial charge in [-0.05, 0) is 66.1 Å². The number of hydrogen-bond acceptors (Lipinski definition) is 8. The molecule has 7 nitrogen and oxygen atoms in total. The number of amides is 1. The molecule has 0 unspecified atom stereocenters. The number of carbonyl (C=O) groups excluding carboxylic acids is 2. The van der Waals surface area contributed by atoms with E-state index in [0.29, 0.717) is 38.6 Å². The molecule has 1 amide bonds. The summed E-state index contributed by atoms with van der Waals surface area (Å²) in [5.74, 6) is -1.31. The molecule has 210 valence electrons. The second-order valence-electron chi connectivity index (χ2n) is 9.21. The number of aliphatic hydroxyl groups excluding tert-OH is 1. The summed E-state index contributed by atoms with van der Waals surface area (Å²) in [6, 6.07) is 18.5. The molecule has 0 spiro atoms. The van der Waals surface area contributed by atoms with Crippen molar-refractivity contribution in [2.45, 2.75) is 35.9 Å². The molecule has 1 atom stereocenters. The molecule has 1 aromatic heterocycles. The second kappa shape index (κ2) is 12.8. The molecule has 0 saturated carbocycles. The molecule has 5 rings (SSSR count). The zero-order chi connectivity index (χ0) is 28.9. The number of ether oxygens (including phenoxy) is 1. The Labute approximate surface area is 249 Å². The molecule has 1 fully saturated rings. The molecule has 0 radical (unpaired) electrons. The Morgan fingerprint density at radius 2 is 1.76 bits per heavy atom. The highest BCUT2D eigenvalue weighted by molar-refractivity contribution is 8.00. The van der Waals surface area contributed by atoms with Gasteiger partial charge in [-0.2, -0.15) is 0 Å². The van der Waals surface area contributed by atoms with Crippen molar-refractivity contribution in [2.24, 2.45) is 0 Å². The van der Waals surface area contributed by atoms with Gasteiger partial charge in [-0.3, -0.25) is 14.5 Å². The number of Topliss-reactive ketones (excluding diaryl/α,β-unsaturated/α-hetero) is 1. The van der Waals surface area contributed by atoms with Gasteiger partial charge >= 0.3 is 5.91 Å². The number of rotatable bonds is 10. The lowest BCUT2D eigenvalue weighted by atomic mass is 9.95. The fourth-order valence-electron chi connectivity index (χ4n) is 4.27. The quantitative estimate of drug-likeness (QED) is 0.0499. The van der Waals surface area contributed by atoms with Gasteiger partial charge in [-0.15, -0.1) is 10.2 Å². The van der Waals surface area contributed by atoms with Crippen LogP contribution in [0, 0.1) is 5.82 Å². The van der Waals surface area contributed by atoms with E-state index in [1.54, 1.807) is 36.4 Å². The van der Waals surface area contributed by atoms with E-state index in [1.165, 1.54) is 40.9 Å². The Hall–Kier alpha value is -3.73. The lowest BCUT2D eigenvalue weighted by Gasteiger charge is -2.22. The van der Waals surface area contributed by atoms with Crippen LogP contribution in [-0.4, -0.2) is 33.6 Å². The monoisotopic (exact) mass is 609 g/mol. The van der Waals surface area contributed by atoms with Crippen molar-refractivity contribution in [3.63, 3.8) is 0 Å². The summed E-state index contributed by atoms with van der Waals surface area (Å²) >= 11 is 8.55. The molecule has 1 N–H and O–H groups in total. The normalized spacial score (nSPS) is 16.4. The first-order valence-corrected chi connectivity index (χ1v) is 15.0. The number of unbranched alkanes of at least 4 members (excludes halogenated alkanes) is 1. The number of halogens is 2. The third-order valence-electron chi connectivity index (χ3n) is 6.40. The van der Waals surface area contributed by atoms with Gasteiger partial charge in [0.05, 0.1) is 18.2 Å². The van der Waals surface area contributed by atoms with Crippen molar-refractivity contribution < 1.29 is 23.8 Å². The van der Waals surface area contributed by atoms with Crippen LogP contribution in [0.5, 0.6) is 5.75 Å². The average molecular weight is 610 g/mol. The third kappa shape index (κ3) is 6.45. The number of nitrogens with zero attached hydrogens (tertiary/aromatic N) is 3. The molecular weight excluding hydrogens is 585 g/mol. The van der Waals surface area contributed by atoms with Crippen LogP contribution in [0.1, 0.15) is 42.5 Å². The predicted molar refractivity (Wildman–Crippen MR) is 159 cm³/mol. The van der Waals surface area contributed by atoms with E-state index >= 15 is 0 Å². The number of hydrogen-bond donors (Lipinski definition) is 1. The number of thioether (sulfide) groups is 1. The number of aromatic nitrogens is 2. The first-order chi connectivity index (χ1) is 19.9. The number of benzene rings is 3. The summed E-state index contributed by atoms with van der Waals surface area (Å²) < 4.78 is 20.1. The SMILES string of the molecule is CCCCOc1ccc(C(O)=C2C(=O)C(=O)N(c3nnc(SCc4ccc(Cl)cc4)s3)[C@H]2c2ccc(F)cc2)cc1. The summed E-state index contributed by atoms with van der Waals surface area (Å²) in [5, 5.41) is 20.6. The molecule has 1 aliphatic rings. The third-order valence-corrected chi connectivity index (χ3v) is 8.78. The van der Waals surface area contributed by atoms with Gasteiger partial charge in [0, 0.05) is 16.3 Å². The largest absolute Gasteiger partial charge is 0.507 e. The molecule has 11 heteroatoms. The topological polar surface area (TPSA) is 92.6 Å². The molecule has 0 aliphatic carbocycles. The first-order valence-electron chi connectivity index (χ1n) is 12.9. The van der Waals surface area contributed by atoms with Crippen LogP contribution in [0.25, 0.3) is 5.76 Å². The first kappa shape index (κ1) is 28.8. The lowest BCUT2D eigenvalue weighted by Crippen LogP contribution is -2.29. The average Bonchev–Trinajstić information content (AvgIpc) is 3.55. The van der Waals surface area contributed by atoms with Crippen LogP contribution in [-0.2, 0) is 15.3 Å². The van der Waals surface area contributed by atoms with Crippen LogP contribution >= 0.6 is 34.7 Å². The van der Waals surface area contributed by atoms with E-state index in [2.05, 4.69) is 17.1 Å². The van der Waals surface area contributed by atoms with Crippen LogP contribution in [0.15, 0.2) is 82.7 Å². The number of carbonyl (C=O) groups is 2. The molecular formula is C30H25ClFN3O4S2. The van der Waals surface area contributed by atoms with E-state index in [-0.39, 0.29) is 16.5 Å². The summed E-state index contributed by atoms with van der Waals surface area (Å²) in [4.78, 5) is 28.0. The van der Waals surface area contributed by atoms with Crippen molar-refractivity contribution in [1.82, 2.24) is 10.2 Å². The van der Waals surface area contributed by atoms with Crippen LogP contribution in [0.4, 0.5) is 9.52 Å². The zero-order valence-corrected chi connectivity index (χ0v) is 24.3. The van der Waals surface area contributed by atoms with E-state index in [9.17, 15) is 19.1 Å². The number of anilines is 1. The second-order valence-corrected chi connectivity index (χ2v) is 11.8. The zero-order valence-electron chi connectivity index (χ0n) is 21.9. The highest BCUT2D eigenvalue weighted by Gasteiger charge is 2.48. The van der Waals surface area contributed by atoms with Gasteiger partial charge in [0.2, 0.25) is 5.13 Å². The maximum Gasteiger partial charge on any atom is 0.301 e. The van der Waals surface area contributed by atoms with Crippen molar-refractivity contribution >= 4 is 57.3 Å². The Bertz CT molecular complexity index is 1570. The van der Waals surface area contributed by atoms with Crippen LogP contribution in [0.2, 0.25) is 5.02 Å². The van der Waals surface area contributed by atoms with E-state index < -0.39 is 23.5 Å². The molecule has 1 aliphatic heterocycles. The van der Waals surface area contributed by atoms with E-state index in [0.717, 1.165) is 29.7 Å². The molecule has 1 saturated heterocycles. The fourth-order valence-corrected chi connectivity index (χ4v) is 6.22. The Morgan fingerprint density at radius 3 is 2.44 bits per heavy atom. The summed E-state index contributed by atoms with van der Waals surface area (Å²) in [5.41, 5.74) is 1.70. The minimum atomic E-state index is -1.03. The smallest absolute Gasteiger partial charge is 0.301 e. The van der Waals surface area contributed by atoms with Crippen molar-refractivity contribution in [1.29, 1.82) is 0 Å². The number of ketones is 1. The molecule has 2 heterocycles. The highest BCUT2D eigenvalue weighted by Crippen LogP contribution is 2.44. The number of aliphatic hydroxyl groups is 1. The van der Waals surface area contributed by atoms with E-state index in [1.807, 2.05) is 12.1 Å². The van der Waals surface area contributed by atoms with Gasteiger partial charge in [0.1, 0.15) is 17.3 Å². The van der Waals surface area contributed by atoms with Gasteiger partial charge < -0.3 is 9.84 Å². The van der Waals surface area contributed by atoms with Gasteiger partial charge in [0.15, 0.2) is 4.34 Å². The van der Waals surface area contributed by atoms with Crippen molar-refractivity contribution in [3.8, 4) is 5.75 Å². The standard InChI is InChI=1S/C30H25ClFN3O4S2/c1-2-3-16-39-23-14-8-20(9-15-23)26(36)24-25(19-6-12-22(32)13-7-19)35(28(38)27(24)37)29-33-34-30(41-29)40-17-18-4-10-21(31)11-5-18/h4-15,25,36H,2-3,16-17H2,1H3/t25-/m0/s1.